The SMILES string of the molecule is O=C(CC1CCC1)C1(c2ccccc2)CCCCC1. The second kappa shape index (κ2) is 5.48. The molecule has 1 nitrogen and oxygen atoms in total. The summed E-state index contributed by atoms with van der Waals surface area (Å²) >= 11 is 0. The second-order valence-electron chi connectivity index (χ2n) is 6.43. The molecule has 0 unspecified atom stereocenters. The molecule has 102 valence electrons. The summed E-state index contributed by atoms with van der Waals surface area (Å²) in [7, 11) is 0. The van der Waals surface area contributed by atoms with Gasteiger partial charge in [0, 0.05) is 6.42 Å². The zero-order valence-electron chi connectivity index (χ0n) is 11.7. The Morgan fingerprint density at radius 1 is 1.00 bits per heavy atom. The monoisotopic (exact) mass is 256 g/mol. The summed E-state index contributed by atoms with van der Waals surface area (Å²) in [5, 5.41) is 0. The highest BCUT2D eigenvalue weighted by molar-refractivity contribution is 5.90. The highest BCUT2D eigenvalue weighted by Gasteiger charge is 2.41. The van der Waals surface area contributed by atoms with Gasteiger partial charge in [0.05, 0.1) is 5.41 Å². The minimum atomic E-state index is -0.144. The fourth-order valence-corrected chi connectivity index (χ4v) is 3.80. The van der Waals surface area contributed by atoms with E-state index < -0.39 is 0 Å². The van der Waals surface area contributed by atoms with Crippen molar-refractivity contribution in [1.29, 1.82) is 0 Å². The zero-order valence-corrected chi connectivity index (χ0v) is 11.7. The third kappa shape index (κ3) is 2.48. The Hall–Kier alpha value is -1.11. The van der Waals surface area contributed by atoms with Crippen molar-refractivity contribution in [2.24, 2.45) is 5.92 Å². The molecular formula is C18H24O. The number of ketones is 1. The van der Waals surface area contributed by atoms with Crippen molar-refractivity contribution in [1.82, 2.24) is 0 Å². The summed E-state index contributed by atoms with van der Waals surface area (Å²) in [6, 6.07) is 10.6. The molecule has 0 aromatic heterocycles. The smallest absolute Gasteiger partial charge is 0.143 e. The fraction of sp³-hybridized carbons (Fsp3) is 0.611. The van der Waals surface area contributed by atoms with Crippen molar-refractivity contribution in [3.05, 3.63) is 35.9 Å². The van der Waals surface area contributed by atoms with Gasteiger partial charge in [-0.3, -0.25) is 4.79 Å². The molecule has 1 aromatic rings. The number of rotatable bonds is 4. The Labute approximate surface area is 116 Å². The van der Waals surface area contributed by atoms with Crippen molar-refractivity contribution in [3.63, 3.8) is 0 Å². The molecule has 0 atom stereocenters. The zero-order chi connectivity index (χ0) is 13.1. The molecule has 3 rings (SSSR count). The van der Waals surface area contributed by atoms with E-state index >= 15 is 0 Å². The number of hydrogen-bond donors (Lipinski definition) is 0. The summed E-state index contributed by atoms with van der Waals surface area (Å²) in [5.74, 6) is 1.22. The van der Waals surface area contributed by atoms with Crippen LogP contribution in [0.2, 0.25) is 0 Å². The van der Waals surface area contributed by atoms with Gasteiger partial charge in [-0.05, 0) is 24.3 Å². The van der Waals surface area contributed by atoms with Gasteiger partial charge in [-0.1, -0.05) is 68.9 Å². The number of benzene rings is 1. The Kier molecular flexibility index (Phi) is 3.72. The molecule has 0 bridgehead atoms. The Bertz CT molecular complexity index is 424. The predicted octanol–water partition coefficient (Wildman–Crippen LogP) is 4.65. The molecule has 2 saturated carbocycles. The molecule has 2 aliphatic carbocycles. The van der Waals surface area contributed by atoms with Crippen LogP contribution in [0.1, 0.15) is 63.4 Å². The lowest BCUT2D eigenvalue weighted by Crippen LogP contribution is -2.39. The van der Waals surface area contributed by atoms with Gasteiger partial charge in [0.25, 0.3) is 0 Å². The van der Waals surface area contributed by atoms with Crippen LogP contribution in [0.4, 0.5) is 0 Å². The summed E-state index contributed by atoms with van der Waals surface area (Å²) in [4.78, 5) is 12.9. The molecule has 0 heterocycles. The van der Waals surface area contributed by atoms with E-state index in [2.05, 4.69) is 30.3 Å². The van der Waals surface area contributed by atoms with Crippen molar-refractivity contribution < 1.29 is 4.79 Å². The molecule has 1 aromatic carbocycles. The minimum Gasteiger partial charge on any atom is -0.299 e. The first-order chi connectivity index (χ1) is 9.31. The van der Waals surface area contributed by atoms with Crippen LogP contribution < -0.4 is 0 Å². The van der Waals surface area contributed by atoms with Gasteiger partial charge in [-0.25, -0.2) is 0 Å². The lowest BCUT2D eigenvalue weighted by atomic mass is 9.64. The molecule has 0 amide bonds. The van der Waals surface area contributed by atoms with Crippen molar-refractivity contribution in [3.8, 4) is 0 Å². The average molecular weight is 256 g/mol. The van der Waals surface area contributed by atoms with Crippen LogP contribution >= 0.6 is 0 Å². The first-order valence-corrected chi connectivity index (χ1v) is 7.90. The molecule has 0 aliphatic heterocycles. The van der Waals surface area contributed by atoms with E-state index in [4.69, 9.17) is 0 Å². The standard InChI is InChI=1S/C18H24O/c19-17(14-15-8-7-9-15)18(12-5-2-6-13-18)16-10-3-1-4-11-16/h1,3-4,10-11,15H,2,5-9,12-14H2. The number of hydrogen-bond acceptors (Lipinski definition) is 1. The van der Waals surface area contributed by atoms with Crippen molar-refractivity contribution in [2.75, 3.05) is 0 Å². The summed E-state index contributed by atoms with van der Waals surface area (Å²) in [6.07, 6.45) is 10.6. The summed E-state index contributed by atoms with van der Waals surface area (Å²) < 4.78 is 0. The molecule has 2 aliphatic rings. The normalized spacial score (nSPS) is 22.7. The van der Waals surface area contributed by atoms with Crippen molar-refractivity contribution >= 4 is 5.78 Å². The van der Waals surface area contributed by atoms with Crippen LogP contribution in [0.25, 0.3) is 0 Å². The average Bonchev–Trinajstić information content (AvgIpc) is 2.44. The van der Waals surface area contributed by atoms with Crippen molar-refractivity contribution in [2.45, 2.75) is 63.2 Å². The third-order valence-corrected chi connectivity index (χ3v) is 5.27. The van der Waals surface area contributed by atoms with E-state index in [0.29, 0.717) is 11.7 Å². The molecule has 0 N–H and O–H groups in total. The summed E-state index contributed by atoms with van der Waals surface area (Å²) in [6.45, 7) is 0. The summed E-state index contributed by atoms with van der Waals surface area (Å²) in [5.41, 5.74) is 1.13. The molecule has 0 radical (unpaired) electrons. The molecule has 2 fully saturated rings. The second-order valence-corrected chi connectivity index (χ2v) is 6.43. The maximum absolute atomic E-state index is 12.9. The van der Waals surface area contributed by atoms with Crippen LogP contribution in [0, 0.1) is 5.92 Å². The van der Waals surface area contributed by atoms with Gasteiger partial charge in [-0.2, -0.15) is 0 Å². The van der Waals surface area contributed by atoms with Gasteiger partial charge < -0.3 is 0 Å². The largest absolute Gasteiger partial charge is 0.299 e. The van der Waals surface area contributed by atoms with Crippen LogP contribution in [-0.4, -0.2) is 5.78 Å². The maximum Gasteiger partial charge on any atom is 0.143 e. The molecular weight excluding hydrogens is 232 g/mol. The van der Waals surface area contributed by atoms with Gasteiger partial charge in [0.2, 0.25) is 0 Å². The van der Waals surface area contributed by atoms with Gasteiger partial charge in [-0.15, -0.1) is 0 Å². The molecule has 0 saturated heterocycles. The lowest BCUT2D eigenvalue weighted by molar-refractivity contribution is -0.127. The molecule has 1 heteroatoms. The van der Waals surface area contributed by atoms with Gasteiger partial charge in [0.15, 0.2) is 0 Å². The number of carbonyl (C=O) groups is 1. The first-order valence-electron chi connectivity index (χ1n) is 7.90. The molecule has 19 heavy (non-hydrogen) atoms. The van der Waals surface area contributed by atoms with E-state index in [1.807, 2.05) is 0 Å². The highest BCUT2D eigenvalue weighted by Crippen LogP contribution is 2.43. The lowest BCUT2D eigenvalue weighted by Gasteiger charge is -2.38. The Morgan fingerprint density at radius 3 is 2.26 bits per heavy atom. The highest BCUT2D eigenvalue weighted by atomic mass is 16.1. The van der Waals surface area contributed by atoms with Crippen LogP contribution in [0.5, 0.6) is 0 Å². The van der Waals surface area contributed by atoms with Crippen LogP contribution in [-0.2, 0) is 10.2 Å². The number of Topliss-reactive ketones (excluding diaryl/α,β-unsaturated/α-hetero) is 1. The maximum atomic E-state index is 12.9. The fourth-order valence-electron chi connectivity index (χ4n) is 3.80. The van der Waals surface area contributed by atoms with Gasteiger partial charge >= 0.3 is 0 Å². The van der Waals surface area contributed by atoms with E-state index in [-0.39, 0.29) is 5.41 Å². The van der Waals surface area contributed by atoms with E-state index in [1.54, 1.807) is 0 Å². The first kappa shape index (κ1) is 12.9. The number of carbonyl (C=O) groups excluding carboxylic acids is 1. The Balaban J connectivity index is 1.85. The molecule has 0 spiro atoms. The predicted molar refractivity (Wildman–Crippen MR) is 78.2 cm³/mol. The third-order valence-electron chi connectivity index (χ3n) is 5.27. The van der Waals surface area contributed by atoms with E-state index in [1.165, 1.54) is 44.1 Å². The van der Waals surface area contributed by atoms with Gasteiger partial charge in [0.1, 0.15) is 5.78 Å². The Morgan fingerprint density at radius 2 is 1.68 bits per heavy atom. The van der Waals surface area contributed by atoms with E-state index in [9.17, 15) is 4.79 Å². The minimum absolute atomic E-state index is 0.144. The van der Waals surface area contributed by atoms with Crippen LogP contribution in [0.3, 0.4) is 0 Å². The quantitative estimate of drug-likeness (QED) is 0.766. The topological polar surface area (TPSA) is 17.1 Å². The van der Waals surface area contributed by atoms with E-state index in [0.717, 1.165) is 19.3 Å². The van der Waals surface area contributed by atoms with Crippen LogP contribution in [0.15, 0.2) is 30.3 Å².